The van der Waals surface area contributed by atoms with Crippen LogP contribution in [0.1, 0.15) is 16.7 Å². The molecule has 0 radical (unpaired) electrons. The largest absolute Gasteiger partial charge is 0.506 e. The van der Waals surface area contributed by atoms with Gasteiger partial charge in [-0.3, -0.25) is 20.2 Å². The molecule has 0 aliphatic heterocycles. The van der Waals surface area contributed by atoms with E-state index in [1.807, 2.05) is 0 Å². The minimum atomic E-state index is -0.672. The summed E-state index contributed by atoms with van der Waals surface area (Å²) in [5.41, 5.74) is -0.332. The molecule has 2 aromatic rings. The molecule has 0 atom stereocenters. The maximum atomic E-state index is 11.3. The summed E-state index contributed by atoms with van der Waals surface area (Å²) in [6, 6.07) is 2.74. The molecular weight excluding hydrogens is 318 g/mol. The molecule has 10 nitrogen and oxygen atoms in total. The van der Waals surface area contributed by atoms with Crippen molar-refractivity contribution in [3.63, 3.8) is 0 Å². The molecule has 124 valence electrons. The van der Waals surface area contributed by atoms with Crippen LogP contribution >= 0.6 is 0 Å². The summed E-state index contributed by atoms with van der Waals surface area (Å²) in [5, 5.41) is 39.4. The van der Waals surface area contributed by atoms with Crippen LogP contribution in [0.5, 0.6) is 5.75 Å². The van der Waals surface area contributed by atoms with Gasteiger partial charge in [-0.1, -0.05) is 0 Å². The smallest absolute Gasteiger partial charge is 0.284 e. The Bertz CT molecular complexity index is 820. The molecule has 1 heterocycles. The quantitative estimate of drug-likeness (QED) is 0.510. The van der Waals surface area contributed by atoms with Crippen molar-refractivity contribution in [2.75, 3.05) is 0 Å². The van der Waals surface area contributed by atoms with Gasteiger partial charge in [-0.25, -0.2) is 4.98 Å². The SMILES string of the molecule is Cc1c(N=Nc2ccc(O)cn2)c(C)c([N+](=O)[O-])c(C)c1[N+](=O)[O-]. The maximum Gasteiger partial charge on any atom is 0.284 e. The summed E-state index contributed by atoms with van der Waals surface area (Å²) in [7, 11) is 0. The van der Waals surface area contributed by atoms with E-state index in [9.17, 15) is 25.3 Å². The highest BCUT2D eigenvalue weighted by Gasteiger charge is 2.30. The fourth-order valence-corrected chi connectivity index (χ4v) is 2.42. The summed E-state index contributed by atoms with van der Waals surface area (Å²) in [4.78, 5) is 25.0. The van der Waals surface area contributed by atoms with Crippen LogP contribution in [-0.2, 0) is 0 Å². The zero-order valence-electron chi connectivity index (χ0n) is 13.0. The molecule has 0 aliphatic rings. The minimum Gasteiger partial charge on any atom is -0.506 e. The fourth-order valence-electron chi connectivity index (χ4n) is 2.42. The molecule has 1 aromatic carbocycles. The molecule has 0 amide bonds. The van der Waals surface area contributed by atoms with Crippen LogP contribution in [0, 0.1) is 41.0 Å². The summed E-state index contributed by atoms with van der Waals surface area (Å²) in [6.45, 7) is 4.25. The number of hydrogen-bond donors (Lipinski definition) is 1. The van der Waals surface area contributed by atoms with Gasteiger partial charge in [0.2, 0.25) is 0 Å². The Labute approximate surface area is 135 Å². The van der Waals surface area contributed by atoms with Crippen molar-refractivity contribution in [2.24, 2.45) is 10.2 Å². The number of benzene rings is 1. The Morgan fingerprint density at radius 1 is 0.958 bits per heavy atom. The first-order valence-corrected chi connectivity index (χ1v) is 6.73. The third-order valence-corrected chi connectivity index (χ3v) is 3.48. The molecule has 10 heteroatoms. The highest BCUT2D eigenvalue weighted by atomic mass is 16.6. The van der Waals surface area contributed by atoms with Gasteiger partial charge in [-0.15, -0.1) is 10.2 Å². The molecular formula is C14H13N5O5. The van der Waals surface area contributed by atoms with Crippen molar-refractivity contribution in [3.8, 4) is 5.75 Å². The second kappa shape index (κ2) is 6.36. The summed E-state index contributed by atoms with van der Waals surface area (Å²) >= 11 is 0. The first-order chi connectivity index (χ1) is 11.2. The van der Waals surface area contributed by atoms with Crippen molar-refractivity contribution < 1.29 is 15.0 Å². The van der Waals surface area contributed by atoms with Gasteiger partial charge in [0.15, 0.2) is 5.82 Å². The van der Waals surface area contributed by atoms with Crippen LogP contribution in [0.2, 0.25) is 0 Å². The molecule has 1 aromatic heterocycles. The van der Waals surface area contributed by atoms with E-state index in [2.05, 4.69) is 15.2 Å². The Kier molecular flexibility index (Phi) is 4.49. The highest BCUT2D eigenvalue weighted by Crippen LogP contribution is 2.42. The van der Waals surface area contributed by atoms with Gasteiger partial charge < -0.3 is 5.11 Å². The predicted molar refractivity (Wildman–Crippen MR) is 84.0 cm³/mol. The van der Waals surface area contributed by atoms with Gasteiger partial charge in [0.1, 0.15) is 17.0 Å². The zero-order chi connectivity index (χ0) is 18.0. The van der Waals surface area contributed by atoms with E-state index < -0.39 is 9.85 Å². The number of hydrogen-bond acceptors (Lipinski definition) is 8. The van der Waals surface area contributed by atoms with E-state index in [1.54, 1.807) is 0 Å². The Balaban J connectivity index is 2.66. The number of nitro groups is 2. The fraction of sp³-hybridized carbons (Fsp3) is 0.214. The van der Waals surface area contributed by atoms with Gasteiger partial charge in [-0.2, -0.15) is 0 Å². The molecule has 24 heavy (non-hydrogen) atoms. The summed E-state index contributed by atoms with van der Waals surface area (Å²) in [5.74, 6) is 0.0976. The standard InChI is InChI=1S/C14H13N5O5/c1-7-12(17-16-11-5-4-10(20)6-15-11)8(2)14(19(23)24)9(3)13(7)18(21)22/h4-6,20H,1-3H3. The van der Waals surface area contributed by atoms with Crippen LogP contribution in [0.4, 0.5) is 22.9 Å². The van der Waals surface area contributed by atoms with Crippen LogP contribution in [0.3, 0.4) is 0 Å². The number of nitro benzene ring substituents is 2. The highest BCUT2D eigenvalue weighted by molar-refractivity contribution is 5.73. The van der Waals surface area contributed by atoms with Gasteiger partial charge in [0.25, 0.3) is 11.4 Å². The topological polar surface area (TPSA) is 144 Å². The van der Waals surface area contributed by atoms with Gasteiger partial charge >= 0.3 is 0 Å². The van der Waals surface area contributed by atoms with Crippen LogP contribution < -0.4 is 0 Å². The Hall–Kier alpha value is -3.43. The van der Waals surface area contributed by atoms with E-state index in [-0.39, 0.29) is 45.3 Å². The van der Waals surface area contributed by atoms with E-state index >= 15 is 0 Å². The number of aromatic nitrogens is 1. The molecule has 1 N–H and O–H groups in total. The second-order valence-electron chi connectivity index (χ2n) is 5.01. The average Bonchev–Trinajstić information content (AvgIpc) is 2.48. The third kappa shape index (κ3) is 3.02. The second-order valence-corrected chi connectivity index (χ2v) is 5.01. The number of aromatic hydroxyl groups is 1. The average molecular weight is 331 g/mol. The minimum absolute atomic E-state index is 0.0262. The van der Waals surface area contributed by atoms with E-state index in [0.717, 1.165) is 6.20 Å². The molecule has 0 aliphatic carbocycles. The van der Waals surface area contributed by atoms with Crippen molar-refractivity contribution in [3.05, 3.63) is 55.2 Å². The van der Waals surface area contributed by atoms with E-state index in [1.165, 1.54) is 32.9 Å². The lowest BCUT2D eigenvalue weighted by atomic mass is 10.00. The maximum absolute atomic E-state index is 11.3. The molecule has 0 fully saturated rings. The first-order valence-electron chi connectivity index (χ1n) is 6.73. The lowest BCUT2D eigenvalue weighted by Crippen LogP contribution is -2.03. The monoisotopic (exact) mass is 331 g/mol. The molecule has 0 saturated heterocycles. The van der Waals surface area contributed by atoms with Crippen molar-refractivity contribution in [1.82, 2.24) is 4.98 Å². The summed E-state index contributed by atoms with van der Waals surface area (Å²) in [6.07, 6.45) is 1.16. The normalized spacial score (nSPS) is 11.0. The lowest BCUT2D eigenvalue weighted by Gasteiger charge is -2.09. The molecule has 0 unspecified atom stereocenters. The molecule has 0 bridgehead atoms. The molecule has 0 saturated carbocycles. The number of nitrogens with zero attached hydrogens (tertiary/aromatic N) is 5. The lowest BCUT2D eigenvalue weighted by molar-refractivity contribution is -0.395. The first kappa shape index (κ1) is 16.9. The van der Waals surface area contributed by atoms with Crippen molar-refractivity contribution in [1.29, 1.82) is 0 Å². The molecule has 0 spiro atoms. The van der Waals surface area contributed by atoms with Crippen molar-refractivity contribution in [2.45, 2.75) is 20.8 Å². The number of pyridine rings is 1. The van der Waals surface area contributed by atoms with E-state index in [4.69, 9.17) is 0 Å². The van der Waals surface area contributed by atoms with Crippen LogP contribution in [0.25, 0.3) is 0 Å². The Morgan fingerprint density at radius 2 is 1.50 bits per heavy atom. The van der Waals surface area contributed by atoms with E-state index in [0.29, 0.717) is 0 Å². The van der Waals surface area contributed by atoms with Gasteiger partial charge in [0, 0.05) is 0 Å². The molecule has 2 rings (SSSR count). The van der Waals surface area contributed by atoms with Crippen LogP contribution in [0.15, 0.2) is 28.6 Å². The Morgan fingerprint density at radius 3 is 1.92 bits per heavy atom. The van der Waals surface area contributed by atoms with Gasteiger partial charge in [-0.05, 0) is 32.9 Å². The van der Waals surface area contributed by atoms with Crippen molar-refractivity contribution >= 4 is 22.9 Å². The number of rotatable bonds is 4. The summed E-state index contributed by atoms with van der Waals surface area (Å²) < 4.78 is 0. The third-order valence-electron chi connectivity index (χ3n) is 3.48. The van der Waals surface area contributed by atoms with Crippen LogP contribution in [-0.4, -0.2) is 19.9 Å². The van der Waals surface area contributed by atoms with Gasteiger partial charge in [0.05, 0.1) is 27.2 Å². The number of azo groups is 1. The predicted octanol–water partition coefficient (Wildman–Crippen LogP) is 3.94. The zero-order valence-corrected chi connectivity index (χ0v) is 13.0.